The van der Waals surface area contributed by atoms with Crippen LogP contribution >= 0.6 is 11.3 Å². The summed E-state index contributed by atoms with van der Waals surface area (Å²) >= 11 is 1.46. The van der Waals surface area contributed by atoms with E-state index in [9.17, 15) is 9.50 Å². The summed E-state index contributed by atoms with van der Waals surface area (Å²) in [4.78, 5) is 7.43. The molecular weight excluding hydrogens is 287 g/mol. The van der Waals surface area contributed by atoms with Gasteiger partial charge in [-0.3, -0.25) is 0 Å². The molecule has 0 radical (unpaired) electrons. The van der Waals surface area contributed by atoms with Crippen LogP contribution in [-0.2, 0) is 18.6 Å². The first-order chi connectivity index (χ1) is 9.82. The molecule has 0 atom stereocenters. The zero-order valence-corrected chi connectivity index (χ0v) is 13.7. The van der Waals surface area contributed by atoms with Crippen molar-refractivity contribution in [1.29, 1.82) is 0 Å². The van der Waals surface area contributed by atoms with Crippen LogP contribution in [0.5, 0.6) is 0 Å². The molecule has 0 saturated heterocycles. The lowest BCUT2D eigenvalue weighted by Gasteiger charge is -2.18. The number of thiazole rings is 1. The SMILES string of the molecule is CN(Cc1ccccc1F)c1nc(C(C)(C)C)c(CO)s1. The summed E-state index contributed by atoms with van der Waals surface area (Å²) in [7, 11) is 1.89. The highest BCUT2D eigenvalue weighted by Crippen LogP contribution is 2.34. The highest BCUT2D eigenvalue weighted by Gasteiger charge is 2.24. The molecule has 1 heterocycles. The molecule has 0 aliphatic rings. The largest absolute Gasteiger partial charge is 0.391 e. The molecule has 1 aromatic carbocycles. The summed E-state index contributed by atoms with van der Waals surface area (Å²) in [5.41, 5.74) is 1.43. The lowest BCUT2D eigenvalue weighted by atomic mass is 9.91. The Labute approximate surface area is 129 Å². The fourth-order valence-electron chi connectivity index (χ4n) is 2.15. The average Bonchev–Trinajstić information content (AvgIpc) is 2.85. The van der Waals surface area contributed by atoms with Crippen molar-refractivity contribution in [1.82, 2.24) is 4.98 Å². The number of aliphatic hydroxyl groups excluding tert-OH is 1. The van der Waals surface area contributed by atoms with Crippen LogP contribution in [0.25, 0.3) is 0 Å². The fraction of sp³-hybridized carbons (Fsp3) is 0.438. The van der Waals surface area contributed by atoms with Crippen molar-refractivity contribution in [3.63, 3.8) is 0 Å². The summed E-state index contributed by atoms with van der Waals surface area (Å²) in [6, 6.07) is 6.75. The summed E-state index contributed by atoms with van der Waals surface area (Å²) in [5, 5.41) is 10.3. The van der Waals surface area contributed by atoms with Gasteiger partial charge in [-0.25, -0.2) is 9.37 Å². The monoisotopic (exact) mass is 308 g/mol. The molecule has 0 bridgehead atoms. The minimum absolute atomic E-state index is 0.0161. The van der Waals surface area contributed by atoms with E-state index in [0.29, 0.717) is 12.1 Å². The number of halogens is 1. The van der Waals surface area contributed by atoms with Crippen molar-refractivity contribution >= 4 is 16.5 Å². The number of anilines is 1. The van der Waals surface area contributed by atoms with E-state index in [1.807, 2.05) is 18.0 Å². The summed E-state index contributed by atoms with van der Waals surface area (Å²) in [6.45, 7) is 6.65. The lowest BCUT2D eigenvalue weighted by Crippen LogP contribution is -2.18. The van der Waals surface area contributed by atoms with Crippen molar-refractivity contribution in [3.05, 3.63) is 46.2 Å². The minimum atomic E-state index is -0.209. The van der Waals surface area contributed by atoms with Gasteiger partial charge in [-0.05, 0) is 6.07 Å². The van der Waals surface area contributed by atoms with Crippen LogP contribution in [0.3, 0.4) is 0 Å². The van der Waals surface area contributed by atoms with Gasteiger partial charge in [0.25, 0.3) is 0 Å². The smallest absolute Gasteiger partial charge is 0.185 e. The Morgan fingerprint density at radius 2 is 1.95 bits per heavy atom. The normalized spacial score (nSPS) is 11.7. The second kappa shape index (κ2) is 6.12. The number of rotatable bonds is 4. The maximum atomic E-state index is 13.7. The van der Waals surface area contributed by atoms with E-state index < -0.39 is 0 Å². The Hall–Kier alpha value is -1.46. The van der Waals surface area contributed by atoms with E-state index in [1.165, 1.54) is 17.4 Å². The van der Waals surface area contributed by atoms with Gasteiger partial charge in [0.2, 0.25) is 0 Å². The van der Waals surface area contributed by atoms with Crippen molar-refractivity contribution in [3.8, 4) is 0 Å². The van der Waals surface area contributed by atoms with E-state index in [4.69, 9.17) is 0 Å². The van der Waals surface area contributed by atoms with Crippen LogP contribution in [-0.4, -0.2) is 17.1 Å². The van der Waals surface area contributed by atoms with E-state index in [2.05, 4.69) is 25.8 Å². The molecule has 3 nitrogen and oxygen atoms in total. The number of aliphatic hydroxyl groups is 1. The van der Waals surface area contributed by atoms with Gasteiger partial charge in [-0.2, -0.15) is 0 Å². The topological polar surface area (TPSA) is 36.4 Å². The molecule has 114 valence electrons. The molecule has 1 aromatic heterocycles. The molecular formula is C16H21FN2OS. The Kier molecular flexibility index (Phi) is 4.64. The predicted molar refractivity (Wildman–Crippen MR) is 85.2 cm³/mol. The summed E-state index contributed by atoms with van der Waals surface area (Å²) in [6.07, 6.45) is 0. The van der Waals surface area contributed by atoms with Crippen LogP contribution < -0.4 is 4.90 Å². The minimum Gasteiger partial charge on any atom is -0.391 e. The first-order valence-corrected chi connectivity index (χ1v) is 7.70. The van der Waals surface area contributed by atoms with Crippen LogP contribution in [0.1, 0.15) is 36.9 Å². The molecule has 1 N–H and O–H groups in total. The third kappa shape index (κ3) is 3.60. The maximum Gasteiger partial charge on any atom is 0.185 e. The number of hydrogen-bond donors (Lipinski definition) is 1. The number of aromatic nitrogens is 1. The predicted octanol–water partition coefficient (Wildman–Crippen LogP) is 3.71. The third-order valence-electron chi connectivity index (χ3n) is 3.23. The lowest BCUT2D eigenvalue weighted by molar-refractivity contribution is 0.282. The highest BCUT2D eigenvalue weighted by molar-refractivity contribution is 7.15. The van der Waals surface area contributed by atoms with Crippen molar-refractivity contribution in [2.45, 2.75) is 39.3 Å². The Morgan fingerprint density at radius 3 is 2.48 bits per heavy atom. The van der Waals surface area contributed by atoms with E-state index in [-0.39, 0.29) is 17.8 Å². The Morgan fingerprint density at radius 1 is 1.29 bits per heavy atom. The molecule has 0 aliphatic carbocycles. The van der Waals surface area contributed by atoms with E-state index >= 15 is 0 Å². The first kappa shape index (κ1) is 15.9. The van der Waals surface area contributed by atoms with Crippen molar-refractivity contribution in [2.75, 3.05) is 11.9 Å². The average molecular weight is 308 g/mol. The van der Waals surface area contributed by atoms with Gasteiger partial charge >= 0.3 is 0 Å². The second-order valence-electron chi connectivity index (χ2n) is 6.12. The van der Waals surface area contributed by atoms with Gasteiger partial charge in [-0.15, -0.1) is 0 Å². The van der Waals surface area contributed by atoms with Crippen LogP contribution in [0.15, 0.2) is 24.3 Å². The summed E-state index contributed by atoms with van der Waals surface area (Å²) < 4.78 is 13.7. The molecule has 0 unspecified atom stereocenters. The first-order valence-electron chi connectivity index (χ1n) is 6.88. The Balaban J connectivity index is 2.26. The van der Waals surface area contributed by atoms with Crippen LogP contribution in [0.4, 0.5) is 9.52 Å². The molecule has 2 aromatic rings. The Bertz CT molecular complexity index is 619. The zero-order valence-electron chi connectivity index (χ0n) is 12.9. The van der Waals surface area contributed by atoms with Gasteiger partial charge in [0.05, 0.1) is 17.2 Å². The van der Waals surface area contributed by atoms with Gasteiger partial charge in [0.1, 0.15) is 5.82 Å². The molecule has 0 amide bonds. The van der Waals surface area contributed by atoms with Crippen LogP contribution in [0, 0.1) is 5.82 Å². The van der Waals surface area contributed by atoms with Crippen LogP contribution in [0.2, 0.25) is 0 Å². The molecule has 0 saturated carbocycles. The van der Waals surface area contributed by atoms with Crippen molar-refractivity contribution < 1.29 is 9.50 Å². The van der Waals surface area contributed by atoms with E-state index in [0.717, 1.165) is 15.7 Å². The van der Waals surface area contributed by atoms with E-state index in [1.54, 1.807) is 12.1 Å². The standard InChI is InChI=1S/C16H21FN2OS/c1-16(2,3)14-13(10-20)21-15(18-14)19(4)9-11-7-5-6-8-12(11)17/h5-8,20H,9-10H2,1-4H3. The third-order valence-corrected chi connectivity index (χ3v) is 4.39. The quantitative estimate of drug-likeness (QED) is 0.935. The molecule has 5 heteroatoms. The van der Waals surface area contributed by atoms with Gasteiger partial charge < -0.3 is 10.0 Å². The van der Waals surface area contributed by atoms with Gasteiger partial charge in [-0.1, -0.05) is 50.3 Å². The maximum absolute atomic E-state index is 13.7. The summed E-state index contributed by atoms with van der Waals surface area (Å²) in [5.74, 6) is -0.209. The van der Waals surface area contributed by atoms with Crippen molar-refractivity contribution in [2.24, 2.45) is 0 Å². The molecule has 0 aliphatic heterocycles. The number of hydrogen-bond acceptors (Lipinski definition) is 4. The fourth-order valence-corrected chi connectivity index (χ4v) is 3.24. The zero-order chi connectivity index (χ0) is 15.6. The molecule has 0 fully saturated rings. The second-order valence-corrected chi connectivity index (χ2v) is 7.19. The number of benzene rings is 1. The van der Waals surface area contributed by atoms with Gasteiger partial charge in [0.15, 0.2) is 5.13 Å². The molecule has 2 rings (SSSR count). The molecule has 21 heavy (non-hydrogen) atoms. The number of nitrogens with zero attached hydrogens (tertiary/aromatic N) is 2. The van der Waals surface area contributed by atoms with Gasteiger partial charge in [0, 0.05) is 24.6 Å². The highest BCUT2D eigenvalue weighted by atomic mass is 32.1. The molecule has 0 spiro atoms.